The third-order valence-corrected chi connectivity index (χ3v) is 3.39. The number of hydrogen-bond donors (Lipinski definition) is 2. The van der Waals surface area contributed by atoms with Crippen molar-refractivity contribution in [1.29, 1.82) is 0 Å². The van der Waals surface area contributed by atoms with Crippen LogP contribution in [0.2, 0.25) is 0 Å². The summed E-state index contributed by atoms with van der Waals surface area (Å²) in [6.45, 7) is 0.996. The van der Waals surface area contributed by atoms with Crippen molar-refractivity contribution in [3.8, 4) is 11.5 Å². The van der Waals surface area contributed by atoms with Crippen molar-refractivity contribution in [3.05, 3.63) is 12.1 Å². The molecule has 1 heterocycles. The van der Waals surface area contributed by atoms with Crippen molar-refractivity contribution in [1.82, 2.24) is 0 Å². The fourth-order valence-corrected chi connectivity index (χ4v) is 2.18. The molecule has 2 N–H and O–H groups in total. The van der Waals surface area contributed by atoms with Gasteiger partial charge in [0.05, 0.1) is 31.1 Å². The molecule has 1 aromatic rings. The molecule has 1 spiro atoms. The second-order valence-electron chi connectivity index (χ2n) is 4.51. The highest BCUT2D eigenvalue weighted by molar-refractivity contribution is 5.77. The van der Waals surface area contributed by atoms with Gasteiger partial charge >= 0.3 is 0 Å². The highest BCUT2D eigenvalue weighted by atomic mass is 16.5. The Kier molecular flexibility index (Phi) is 1.93. The van der Waals surface area contributed by atoms with E-state index in [1.165, 1.54) is 12.8 Å². The van der Waals surface area contributed by atoms with Crippen LogP contribution in [0, 0.1) is 0 Å². The van der Waals surface area contributed by atoms with Gasteiger partial charge in [-0.25, -0.2) is 0 Å². The lowest BCUT2D eigenvalue weighted by atomic mass is 10.1. The van der Waals surface area contributed by atoms with Crippen molar-refractivity contribution in [3.63, 3.8) is 0 Å². The van der Waals surface area contributed by atoms with Crippen LogP contribution >= 0.6 is 0 Å². The summed E-state index contributed by atoms with van der Waals surface area (Å²) in [6, 6.07) is 3.98. The Morgan fingerprint density at radius 1 is 1.06 bits per heavy atom. The predicted octanol–water partition coefficient (Wildman–Crippen LogP) is 2.07. The van der Waals surface area contributed by atoms with E-state index < -0.39 is 0 Å². The third-order valence-electron chi connectivity index (χ3n) is 3.39. The molecule has 1 aliphatic carbocycles. The topological polar surface area (TPSA) is 42.5 Å². The maximum atomic E-state index is 5.30. The first kappa shape index (κ1) is 9.63. The summed E-state index contributed by atoms with van der Waals surface area (Å²) in [7, 11) is 3.32. The standard InChI is InChI=1S/C12H16N2O2/c1-15-10-5-8-9(6-11(10)16-2)14-12(3-4-12)7-13-8/h5-6,13-14H,3-4,7H2,1-2H3. The number of benzene rings is 1. The van der Waals surface area contributed by atoms with Gasteiger partial charge in [-0.15, -0.1) is 0 Å². The highest BCUT2D eigenvalue weighted by Gasteiger charge is 2.45. The van der Waals surface area contributed by atoms with E-state index in [4.69, 9.17) is 9.47 Å². The van der Waals surface area contributed by atoms with Crippen molar-refractivity contribution in [2.24, 2.45) is 0 Å². The zero-order valence-corrected chi connectivity index (χ0v) is 9.59. The Hall–Kier alpha value is -1.58. The van der Waals surface area contributed by atoms with E-state index in [1.54, 1.807) is 14.2 Å². The Bertz CT molecular complexity index is 427. The first-order valence-corrected chi connectivity index (χ1v) is 5.54. The molecule has 4 heteroatoms. The molecule has 86 valence electrons. The van der Waals surface area contributed by atoms with Crippen LogP contribution in [0.5, 0.6) is 11.5 Å². The summed E-state index contributed by atoms with van der Waals surface area (Å²) in [5.74, 6) is 1.54. The first-order chi connectivity index (χ1) is 7.76. The SMILES string of the molecule is COc1cc2c(cc1OC)NC1(CC1)CN2. The number of rotatable bonds is 2. The van der Waals surface area contributed by atoms with Crippen LogP contribution in [-0.2, 0) is 0 Å². The minimum Gasteiger partial charge on any atom is -0.493 e. The van der Waals surface area contributed by atoms with Gasteiger partial charge in [-0.05, 0) is 12.8 Å². The molecule has 1 fully saturated rings. The molecule has 0 radical (unpaired) electrons. The number of fused-ring (bicyclic) bond motifs is 1. The van der Waals surface area contributed by atoms with E-state index in [-0.39, 0.29) is 0 Å². The molecule has 1 aliphatic heterocycles. The van der Waals surface area contributed by atoms with Crippen LogP contribution in [0.15, 0.2) is 12.1 Å². The maximum Gasteiger partial charge on any atom is 0.162 e. The first-order valence-electron chi connectivity index (χ1n) is 5.54. The van der Waals surface area contributed by atoms with E-state index in [9.17, 15) is 0 Å². The molecule has 0 atom stereocenters. The average molecular weight is 220 g/mol. The monoisotopic (exact) mass is 220 g/mol. The lowest BCUT2D eigenvalue weighted by molar-refractivity contribution is 0.355. The molecule has 2 aliphatic rings. The molecule has 0 unspecified atom stereocenters. The largest absolute Gasteiger partial charge is 0.493 e. The van der Waals surface area contributed by atoms with E-state index in [1.807, 2.05) is 12.1 Å². The van der Waals surface area contributed by atoms with Crippen molar-refractivity contribution in [2.45, 2.75) is 18.4 Å². The summed E-state index contributed by atoms with van der Waals surface area (Å²) >= 11 is 0. The summed E-state index contributed by atoms with van der Waals surface area (Å²) in [4.78, 5) is 0. The predicted molar refractivity (Wildman–Crippen MR) is 63.6 cm³/mol. The van der Waals surface area contributed by atoms with Crippen LogP contribution in [0.4, 0.5) is 11.4 Å². The third kappa shape index (κ3) is 1.37. The van der Waals surface area contributed by atoms with Gasteiger partial charge in [-0.2, -0.15) is 0 Å². The van der Waals surface area contributed by atoms with Crippen molar-refractivity contribution in [2.75, 3.05) is 31.4 Å². The van der Waals surface area contributed by atoms with Gasteiger partial charge in [0, 0.05) is 18.7 Å². The van der Waals surface area contributed by atoms with Gasteiger partial charge in [0.25, 0.3) is 0 Å². The highest BCUT2D eigenvalue weighted by Crippen LogP contribution is 2.46. The van der Waals surface area contributed by atoms with Gasteiger partial charge in [-0.3, -0.25) is 0 Å². The average Bonchev–Trinajstić information content (AvgIpc) is 3.07. The second kappa shape index (κ2) is 3.20. The van der Waals surface area contributed by atoms with Crippen LogP contribution < -0.4 is 20.1 Å². The number of nitrogens with one attached hydrogen (secondary N) is 2. The van der Waals surface area contributed by atoms with Crippen LogP contribution in [-0.4, -0.2) is 26.3 Å². The number of methoxy groups -OCH3 is 2. The van der Waals surface area contributed by atoms with Crippen LogP contribution in [0.3, 0.4) is 0 Å². The smallest absolute Gasteiger partial charge is 0.162 e. The molecule has 0 bridgehead atoms. The lowest BCUT2D eigenvalue weighted by Crippen LogP contribution is -2.34. The molecule has 0 aromatic heterocycles. The van der Waals surface area contributed by atoms with Gasteiger partial charge in [0.2, 0.25) is 0 Å². The zero-order valence-electron chi connectivity index (χ0n) is 9.59. The van der Waals surface area contributed by atoms with Gasteiger partial charge in [0.1, 0.15) is 0 Å². The quantitative estimate of drug-likeness (QED) is 0.800. The summed E-state index contributed by atoms with van der Waals surface area (Å²) in [6.07, 6.45) is 2.49. The zero-order chi connectivity index (χ0) is 11.2. The Morgan fingerprint density at radius 3 is 2.25 bits per heavy atom. The summed E-state index contributed by atoms with van der Waals surface area (Å²) in [5, 5.41) is 7.02. The van der Waals surface area contributed by atoms with E-state index in [0.717, 1.165) is 29.4 Å². The van der Waals surface area contributed by atoms with Crippen LogP contribution in [0.1, 0.15) is 12.8 Å². The van der Waals surface area contributed by atoms with Crippen LogP contribution in [0.25, 0.3) is 0 Å². The fraction of sp³-hybridized carbons (Fsp3) is 0.500. The van der Waals surface area contributed by atoms with Gasteiger partial charge < -0.3 is 20.1 Å². The lowest BCUT2D eigenvalue weighted by Gasteiger charge is -2.29. The molecule has 0 saturated heterocycles. The molecule has 3 rings (SSSR count). The molecular weight excluding hydrogens is 204 g/mol. The van der Waals surface area contributed by atoms with Crippen molar-refractivity contribution >= 4 is 11.4 Å². The summed E-state index contributed by atoms with van der Waals surface area (Å²) < 4.78 is 10.6. The molecule has 0 amide bonds. The Morgan fingerprint density at radius 2 is 1.69 bits per heavy atom. The number of anilines is 2. The Balaban J connectivity index is 2.00. The minimum absolute atomic E-state index is 0.298. The number of hydrogen-bond acceptors (Lipinski definition) is 4. The molecule has 1 saturated carbocycles. The van der Waals surface area contributed by atoms with E-state index in [0.29, 0.717) is 5.54 Å². The molecule has 16 heavy (non-hydrogen) atoms. The van der Waals surface area contributed by atoms with Gasteiger partial charge in [-0.1, -0.05) is 0 Å². The maximum absolute atomic E-state index is 5.30. The van der Waals surface area contributed by atoms with E-state index >= 15 is 0 Å². The normalized spacial score (nSPS) is 19.4. The molecule has 4 nitrogen and oxygen atoms in total. The fourth-order valence-electron chi connectivity index (χ4n) is 2.18. The van der Waals surface area contributed by atoms with Gasteiger partial charge in [0.15, 0.2) is 11.5 Å². The van der Waals surface area contributed by atoms with Crippen molar-refractivity contribution < 1.29 is 9.47 Å². The minimum atomic E-state index is 0.298. The molecular formula is C12H16N2O2. The Labute approximate surface area is 94.9 Å². The number of ether oxygens (including phenoxy) is 2. The molecule has 1 aromatic carbocycles. The second-order valence-corrected chi connectivity index (χ2v) is 4.51. The summed E-state index contributed by atoms with van der Waals surface area (Å²) in [5.41, 5.74) is 2.50. The van der Waals surface area contributed by atoms with E-state index in [2.05, 4.69) is 10.6 Å².